The Balaban J connectivity index is 1.51. The first-order valence-electron chi connectivity index (χ1n) is 11.0. The maximum atomic E-state index is 13.2. The molecular weight excluding hydrogens is 492 g/mol. The summed E-state index contributed by atoms with van der Waals surface area (Å²) in [6.45, 7) is 3.88. The lowest BCUT2D eigenvalue weighted by atomic mass is 10.00. The first kappa shape index (κ1) is 25.0. The van der Waals surface area contributed by atoms with Crippen LogP contribution in [0.4, 0.5) is 5.13 Å². The largest absolute Gasteiger partial charge is 0.494 e. The third-order valence-electron chi connectivity index (χ3n) is 5.68. The van der Waals surface area contributed by atoms with Crippen LogP contribution in [0.1, 0.15) is 38.7 Å². The summed E-state index contributed by atoms with van der Waals surface area (Å²) in [5.74, 6) is 0.179. The Bertz CT molecular complexity index is 1230. The van der Waals surface area contributed by atoms with Crippen LogP contribution in [0.2, 0.25) is 5.15 Å². The van der Waals surface area contributed by atoms with Crippen molar-refractivity contribution in [3.8, 4) is 16.9 Å². The average Bonchev–Trinajstić information content (AvgIpc) is 3.32. The average molecular weight is 517 g/mol. The molecule has 1 fully saturated rings. The van der Waals surface area contributed by atoms with Crippen molar-refractivity contribution >= 4 is 39.9 Å². The van der Waals surface area contributed by atoms with Crippen LogP contribution in [0.25, 0.3) is 11.1 Å². The van der Waals surface area contributed by atoms with Crippen molar-refractivity contribution in [3.63, 3.8) is 0 Å². The molecule has 0 radical (unpaired) electrons. The van der Waals surface area contributed by atoms with Crippen molar-refractivity contribution in [3.05, 3.63) is 45.9 Å². The third-order valence-corrected chi connectivity index (χ3v) is 6.71. The molecule has 1 N–H and O–H groups in total. The zero-order chi connectivity index (χ0) is 24.9. The van der Waals surface area contributed by atoms with Gasteiger partial charge in [0.2, 0.25) is 10.1 Å². The number of halogens is 1. The lowest BCUT2D eigenvalue weighted by Gasteiger charge is -2.26. The number of carbonyl (C=O) groups excluding carboxylic acids is 2. The molecule has 0 saturated carbocycles. The van der Waals surface area contributed by atoms with E-state index in [1.165, 1.54) is 19.5 Å². The smallest absolute Gasteiger partial charge is 0.284 e. The van der Waals surface area contributed by atoms with Crippen molar-refractivity contribution < 1.29 is 19.1 Å². The Labute approximate surface area is 211 Å². The first-order valence-corrected chi connectivity index (χ1v) is 12.2. The number of rotatable bonds is 7. The molecule has 3 aromatic heterocycles. The molecule has 4 heterocycles. The van der Waals surface area contributed by atoms with Gasteiger partial charge in [-0.25, -0.2) is 4.98 Å². The van der Waals surface area contributed by atoms with Gasteiger partial charge < -0.3 is 14.4 Å². The molecule has 0 unspecified atom stereocenters. The maximum absolute atomic E-state index is 13.2. The van der Waals surface area contributed by atoms with Gasteiger partial charge in [-0.15, -0.1) is 10.2 Å². The van der Waals surface area contributed by atoms with Gasteiger partial charge in [0, 0.05) is 49.8 Å². The molecule has 1 aliphatic rings. The summed E-state index contributed by atoms with van der Waals surface area (Å²) in [5.41, 5.74) is 2.18. The molecule has 0 spiro atoms. The van der Waals surface area contributed by atoms with E-state index in [-0.39, 0.29) is 26.8 Å². The molecule has 35 heavy (non-hydrogen) atoms. The number of amides is 2. The monoisotopic (exact) mass is 516 g/mol. The lowest BCUT2D eigenvalue weighted by molar-refractivity contribution is 0.0497. The normalized spacial score (nSPS) is 13.9. The summed E-state index contributed by atoms with van der Waals surface area (Å²) < 4.78 is 10.8. The summed E-state index contributed by atoms with van der Waals surface area (Å²) in [6.07, 6.45) is 4.82. The Morgan fingerprint density at radius 1 is 1.20 bits per heavy atom. The number of hydrogen-bond acceptors (Lipinski definition) is 9. The number of nitrogens with zero attached hydrogens (tertiary/aromatic N) is 5. The van der Waals surface area contributed by atoms with Crippen LogP contribution in [0.3, 0.4) is 0 Å². The van der Waals surface area contributed by atoms with Gasteiger partial charge in [-0.05, 0) is 37.8 Å². The van der Waals surface area contributed by atoms with Gasteiger partial charge in [0.1, 0.15) is 10.9 Å². The Morgan fingerprint density at radius 3 is 2.71 bits per heavy atom. The first-order chi connectivity index (χ1) is 16.9. The van der Waals surface area contributed by atoms with Crippen LogP contribution in [0, 0.1) is 12.8 Å². The van der Waals surface area contributed by atoms with Crippen molar-refractivity contribution in [2.75, 3.05) is 39.2 Å². The minimum absolute atomic E-state index is 0.208. The van der Waals surface area contributed by atoms with Crippen molar-refractivity contribution in [2.45, 2.75) is 19.8 Å². The Morgan fingerprint density at radius 2 is 1.97 bits per heavy atom. The minimum Gasteiger partial charge on any atom is -0.494 e. The number of carbonyl (C=O) groups is 2. The number of aromatic nitrogens is 4. The summed E-state index contributed by atoms with van der Waals surface area (Å²) >= 11 is 7.13. The molecule has 0 aromatic carbocycles. The number of hydrogen-bond donors (Lipinski definition) is 1. The second-order valence-electron chi connectivity index (χ2n) is 8.19. The molecule has 3 aromatic rings. The fraction of sp³-hybridized carbons (Fsp3) is 0.391. The number of anilines is 1. The van der Waals surface area contributed by atoms with E-state index in [0.29, 0.717) is 35.0 Å². The highest BCUT2D eigenvalue weighted by molar-refractivity contribution is 7.17. The van der Waals surface area contributed by atoms with Gasteiger partial charge in [-0.1, -0.05) is 22.9 Å². The molecule has 184 valence electrons. The molecule has 12 heteroatoms. The van der Waals surface area contributed by atoms with E-state index in [2.05, 4.69) is 25.5 Å². The summed E-state index contributed by atoms with van der Waals surface area (Å²) in [6, 6.07) is 3.39. The summed E-state index contributed by atoms with van der Waals surface area (Å²) in [7, 11) is 3.26. The predicted octanol–water partition coefficient (Wildman–Crippen LogP) is 3.72. The molecule has 10 nitrogen and oxygen atoms in total. The van der Waals surface area contributed by atoms with E-state index >= 15 is 0 Å². The molecule has 4 rings (SSSR count). The van der Waals surface area contributed by atoms with Crippen LogP contribution in [-0.4, -0.2) is 70.8 Å². The summed E-state index contributed by atoms with van der Waals surface area (Å²) in [4.78, 5) is 35.9. The molecule has 0 bridgehead atoms. The quantitative estimate of drug-likeness (QED) is 0.472. The van der Waals surface area contributed by atoms with Crippen LogP contribution in [0.5, 0.6) is 5.75 Å². The van der Waals surface area contributed by atoms with Crippen molar-refractivity contribution in [1.29, 1.82) is 0 Å². The molecule has 0 aliphatic carbocycles. The highest BCUT2D eigenvalue weighted by Gasteiger charge is 2.24. The Hall–Kier alpha value is -3.15. The minimum atomic E-state index is -0.451. The molecule has 1 aliphatic heterocycles. The van der Waals surface area contributed by atoms with E-state index in [1.54, 1.807) is 24.1 Å². The maximum Gasteiger partial charge on any atom is 0.284 e. The lowest BCUT2D eigenvalue weighted by Crippen LogP contribution is -2.34. The molecule has 0 atom stereocenters. The van der Waals surface area contributed by atoms with Gasteiger partial charge in [0.25, 0.3) is 11.8 Å². The number of ether oxygens (including phenoxy) is 2. The molecule has 1 saturated heterocycles. The molecule has 2 amide bonds. The topological polar surface area (TPSA) is 119 Å². The van der Waals surface area contributed by atoms with E-state index in [4.69, 9.17) is 21.1 Å². The van der Waals surface area contributed by atoms with E-state index in [0.717, 1.165) is 37.4 Å². The van der Waals surface area contributed by atoms with E-state index in [1.807, 2.05) is 6.92 Å². The van der Waals surface area contributed by atoms with Crippen molar-refractivity contribution in [2.24, 2.45) is 5.92 Å². The van der Waals surface area contributed by atoms with E-state index in [9.17, 15) is 9.59 Å². The van der Waals surface area contributed by atoms with Gasteiger partial charge in [-0.3, -0.25) is 19.9 Å². The second kappa shape index (κ2) is 11.1. The Kier molecular flexibility index (Phi) is 7.89. The van der Waals surface area contributed by atoms with Crippen LogP contribution < -0.4 is 10.1 Å². The van der Waals surface area contributed by atoms with E-state index < -0.39 is 5.91 Å². The standard InChI is InChI=1S/C23H25ClN6O4S/c1-13-8-15(16-9-19(24)26-11-18(16)33-3)17(10-25-13)20(31)27-23-29-28-21(35-23)22(32)30(2)12-14-4-6-34-7-5-14/h8-11,14H,4-7,12H2,1-3H3,(H,27,29,31). The SMILES string of the molecule is COc1cnc(Cl)cc1-c1cc(C)ncc1C(=O)Nc1nnc(C(=O)N(C)CC2CCOCC2)s1. The van der Waals surface area contributed by atoms with Gasteiger partial charge in [0.05, 0.1) is 18.9 Å². The summed E-state index contributed by atoms with van der Waals surface area (Å²) in [5, 5.41) is 11.4. The number of nitrogens with one attached hydrogen (secondary N) is 1. The highest BCUT2D eigenvalue weighted by atomic mass is 35.5. The predicted molar refractivity (Wildman–Crippen MR) is 132 cm³/mol. The molecular formula is C23H25ClN6O4S. The van der Waals surface area contributed by atoms with Crippen LogP contribution in [0.15, 0.2) is 24.5 Å². The fourth-order valence-electron chi connectivity index (χ4n) is 3.84. The zero-order valence-corrected chi connectivity index (χ0v) is 21.1. The number of methoxy groups -OCH3 is 1. The van der Waals surface area contributed by atoms with Crippen molar-refractivity contribution in [1.82, 2.24) is 25.1 Å². The zero-order valence-electron chi connectivity index (χ0n) is 19.6. The number of aryl methyl sites for hydroxylation is 1. The van der Waals surface area contributed by atoms with Crippen LogP contribution in [-0.2, 0) is 4.74 Å². The fourth-order valence-corrected chi connectivity index (χ4v) is 4.73. The third kappa shape index (κ3) is 5.92. The highest BCUT2D eigenvalue weighted by Crippen LogP contribution is 2.34. The van der Waals surface area contributed by atoms with Gasteiger partial charge in [0.15, 0.2) is 0 Å². The number of pyridine rings is 2. The second-order valence-corrected chi connectivity index (χ2v) is 9.55. The van der Waals surface area contributed by atoms with Gasteiger partial charge in [-0.2, -0.15) is 0 Å². The van der Waals surface area contributed by atoms with Gasteiger partial charge >= 0.3 is 0 Å². The van der Waals surface area contributed by atoms with Crippen LogP contribution >= 0.6 is 22.9 Å².